The van der Waals surface area contributed by atoms with E-state index in [4.69, 9.17) is 26.8 Å². The Morgan fingerprint density at radius 1 is 1.12 bits per heavy atom. The molecular formula is C23H32Cl3N3O3. The number of carbonyl (C=O) groups is 1. The van der Waals surface area contributed by atoms with Crippen molar-refractivity contribution in [3.63, 3.8) is 0 Å². The number of primary amides is 1. The van der Waals surface area contributed by atoms with Crippen LogP contribution in [0.5, 0.6) is 11.5 Å². The highest BCUT2D eigenvalue weighted by molar-refractivity contribution is 6.32. The molecule has 0 aliphatic carbocycles. The fraction of sp³-hybridized carbons (Fsp3) is 0.435. The largest absolute Gasteiger partial charge is 0.490 e. The van der Waals surface area contributed by atoms with Crippen molar-refractivity contribution in [1.82, 2.24) is 10.2 Å². The third kappa shape index (κ3) is 8.68. The number of nitrogens with two attached hydrogens (primary N) is 1. The van der Waals surface area contributed by atoms with Crippen molar-refractivity contribution in [2.75, 3.05) is 26.3 Å². The van der Waals surface area contributed by atoms with E-state index in [1.54, 1.807) is 0 Å². The van der Waals surface area contributed by atoms with Gasteiger partial charge in [0.25, 0.3) is 5.91 Å². The van der Waals surface area contributed by atoms with Gasteiger partial charge < -0.3 is 20.5 Å². The molecule has 32 heavy (non-hydrogen) atoms. The highest BCUT2D eigenvalue weighted by atomic mass is 35.5. The number of likely N-dealkylation sites (tertiary alicyclic amines) is 1. The Morgan fingerprint density at radius 2 is 1.81 bits per heavy atom. The molecule has 2 aromatic carbocycles. The van der Waals surface area contributed by atoms with Gasteiger partial charge in [-0.15, -0.1) is 24.8 Å². The van der Waals surface area contributed by atoms with Crippen molar-refractivity contribution in [1.29, 1.82) is 0 Å². The normalized spacial score (nSPS) is 14.2. The molecule has 9 heteroatoms. The number of rotatable bonds is 10. The predicted octanol–water partition coefficient (Wildman–Crippen LogP) is 4.20. The first-order valence-electron chi connectivity index (χ1n) is 10.4. The Labute approximate surface area is 207 Å². The number of carbonyl (C=O) groups excluding carboxylic acids is 1. The van der Waals surface area contributed by atoms with E-state index in [2.05, 4.69) is 40.5 Å². The van der Waals surface area contributed by atoms with Gasteiger partial charge in [-0.1, -0.05) is 41.9 Å². The summed E-state index contributed by atoms with van der Waals surface area (Å²) in [6.07, 6.45) is 2.22. The van der Waals surface area contributed by atoms with Gasteiger partial charge in [-0.2, -0.15) is 0 Å². The van der Waals surface area contributed by atoms with Crippen LogP contribution >= 0.6 is 36.4 Å². The van der Waals surface area contributed by atoms with Gasteiger partial charge in [-0.05, 0) is 56.1 Å². The number of amides is 1. The van der Waals surface area contributed by atoms with Crippen LogP contribution in [-0.2, 0) is 17.9 Å². The standard InChI is InChI=1S/C23H30ClN3O3.2ClH/c1-2-29-21-13-18(12-20(24)23(21)30-16-22(25)28)14-26-19-8-10-27(11-9-19)15-17-6-4-3-5-7-17;;/h3-7,12-13,19,26H,2,8-11,14-16H2,1H3,(H2,25,28);2*1H. The summed E-state index contributed by atoms with van der Waals surface area (Å²) in [7, 11) is 0. The second-order valence-corrected chi connectivity index (χ2v) is 7.92. The third-order valence-corrected chi connectivity index (χ3v) is 5.44. The highest BCUT2D eigenvalue weighted by Crippen LogP contribution is 2.36. The van der Waals surface area contributed by atoms with Crippen molar-refractivity contribution in [3.8, 4) is 11.5 Å². The van der Waals surface area contributed by atoms with Gasteiger partial charge in [-0.25, -0.2) is 0 Å². The van der Waals surface area contributed by atoms with Crippen LogP contribution in [0, 0.1) is 0 Å². The minimum atomic E-state index is -0.558. The number of nitrogens with zero attached hydrogens (tertiary/aromatic N) is 1. The molecule has 2 aromatic rings. The molecule has 1 aliphatic heterocycles. The Kier molecular flexibility index (Phi) is 12.8. The fourth-order valence-electron chi connectivity index (χ4n) is 3.67. The van der Waals surface area contributed by atoms with Gasteiger partial charge in [0.2, 0.25) is 0 Å². The Bertz CT molecular complexity index is 832. The van der Waals surface area contributed by atoms with Crippen LogP contribution in [0.3, 0.4) is 0 Å². The number of piperidine rings is 1. The van der Waals surface area contributed by atoms with E-state index in [1.165, 1.54) is 5.56 Å². The number of nitrogens with one attached hydrogen (secondary N) is 1. The average molecular weight is 505 g/mol. The van der Waals surface area contributed by atoms with E-state index >= 15 is 0 Å². The van der Waals surface area contributed by atoms with E-state index < -0.39 is 5.91 Å². The van der Waals surface area contributed by atoms with E-state index in [0.29, 0.717) is 35.7 Å². The van der Waals surface area contributed by atoms with Gasteiger partial charge in [-0.3, -0.25) is 9.69 Å². The van der Waals surface area contributed by atoms with Crippen molar-refractivity contribution in [2.24, 2.45) is 5.73 Å². The van der Waals surface area contributed by atoms with Crippen LogP contribution in [0.2, 0.25) is 5.02 Å². The van der Waals surface area contributed by atoms with E-state index in [-0.39, 0.29) is 31.4 Å². The summed E-state index contributed by atoms with van der Waals surface area (Å²) in [6, 6.07) is 14.8. The summed E-state index contributed by atoms with van der Waals surface area (Å²) in [5, 5.41) is 4.05. The zero-order valence-electron chi connectivity index (χ0n) is 18.2. The first-order chi connectivity index (χ1) is 14.5. The van der Waals surface area contributed by atoms with Gasteiger partial charge in [0.15, 0.2) is 18.1 Å². The molecule has 1 aliphatic rings. The molecule has 1 heterocycles. The van der Waals surface area contributed by atoms with Crippen molar-refractivity contribution >= 4 is 42.3 Å². The number of benzene rings is 2. The third-order valence-electron chi connectivity index (χ3n) is 5.16. The van der Waals surface area contributed by atoms with Crippen LogP contribution in [-0.4, -0.2) is 43.2 Å². The van der Waals surface area contributed by atoms with Gasteiger partial charge in [0.1, 0.15) is 0 Å². The zero-order valence-corrected chi connectivity index (χ0v) is 20.6. The topological polar surface area (TPSA) is 76.8 Å². The molecule has 0 saturated carbocycles. The Balaban J connectivity index is 0.00000256. The monoisotopic (exact) mass is 503 g/mol. The van der Waals surface area contributed by atoms with Crippen LogP contribution < -0.4 is 20.5 Å². The average Bonchev–Trinajstić information content (AvgIpc) is 2.73. The molecule has 3 N–H and O–H groups in total. The number of halogens is 3. The summed E-state index contributed by atoms with van der Waals surface area (Å²) in [6.45, 7) is 5.99. The van der Waals surface area contributed by atoms with Crippen LogP contribution in [0.15, 0.2) is 42.5 Å². The van der Waals surface area contributed by atoms with Crippen molar-refractivity contribution in [2.45, 2.75) is 38.9 Å². The second kappa shape index (κ2) is 14.4. The molecule has 0 atom stereocenters. The molecule has 0 unspecified atom stereocenters. The molecule has 0 aromatic heterocycles. The number of hydrogen-bond donors (Lipinski definition) is 2. The lowest BCUT2D eigenvalue weighted by atomic mass is 10.0. The minimum Gasteiger partial charge on any atom is -0.490 e. The van der Waals surface area contributed by atoms with Crippen molar-refractivity contribution < 1.29 is 14.3 Å². The minimum absolute atomic E-state index is 0. The van der Waals surface area contributed by atoms with Crippen LogP contribution in [0.25, 0.3) is 0 Å². The first kappa shape index (κ1) is 28.3. The SMILES string of the molecule is CCOc1cc(CNC2CCN(Cc3ccccc3)CC2)cc(Cl)c1OCC(N)=O.Cl.Cl. The summed E-state index contributed by atoms with van der Waals surface area (Å²) >= 11 is 6.38. The molecule has 178 valence electrons. The lowest BCUT2D eigenvalue weighted by molar-refractivity contribution is -0.119. The second-order valence-electron chi connectivity index (χ2n) is 7.51. The van der Waals surface area contributed by atoms with Gasteiger partial charge in [0.05, 0.1) is 11.6 Å². The highest BCUT2D eigenvalue weighted by Gasteiger charge is 2.19. The summed E-state index contributed by atoms with van der Waals surface area (Å²) in [5.41, 5.74) is 7.54. The lowest BCUT2D eigenvalue weighted by Gasteiger charge is -2.32. The molecule has 0 spiro atoms. The molecule has 6 nitrogen and oxygen atoms in total. The lowest BCUT2D eigenvalue weighted by Crippen LogP contribution is -2.41. The molecular weight excluding hydrogens is 473 g/mol. The summed E-state index contributed by atoms with van der Waals surface area (Å²) in [5.74, 6) is 0.328. The number of ether oxygens (including phenoxy) is 2. The first-order valence-corrected chi connectivity index (χ1v) is 10.8. The van der Waals surface area contributed by atoms with Crippen molar-refractivity contribution in [3.05, 3.63) is 58.6 Å². The zero-order chi connectivity index (χ0) is 21.3. The predicted molar refractivity (Wildman–Crippen MR) is 133 cm³/mol. The molecule has 1 fully saturated rings. The van der Waals surface area contributed by atoms with Gasteiger partial charge in [0, 0.05) is 19.1 Å². The maximum absolute atomic E-state index is 11.0. The molecule has 0 radical (unpaired) electrons. The smallest absolute Gasteiger partial charge is 0.255 e. The Morgan fingerprint density at radius 3 is 2.44 bits per heavy atom. The van der Waals surface area contributed by atoms with E-state index in [1.807, 2.05) is 19.1 Å². The summed E-state index contributed by atoms with van der Waals surface area (Å²) in [4.78, 5) is 13.5. The van der Waals surface area contributed by atoms with Crippen LogP contribution in [0.1, 0.15) is 30.9 Å². The number of hydrogen-bond acceptors (Lipinski definition) is 5. The quantitative estimate of drug-likeness (QED) is 0.507. The summed E-state index contributed by atoms with van der Waals surface area (Å²) < 4.78 is 11.1. The molecule has 1 amide bonds. The maximum Gasteiger partial charge on any atom is 0.255 e. The maximum atomic E-state index is 11.0. The Hall–Kier alpha value is -1.70. The van der Waals surface area contributed by atoms with E-state index in [9.17, 15) is 4.79 Å². The molecule has 0 bridgehead atoms. The van der Waals surface area contributed by atoms with Crippen LogP contribution in [0.4, 0.5) is 0 Å². The molecule has 1 saturated heterocycles. The van der Waals surface area contributed by atoms with Gasteiger partial charge >= 0.3 is 0 Å². The molecule has 3 rings (SSSR count). The van der Waals surface area contributed by atoms with E-state index in [0.717, 1.165) is 38.0 Å². The fourth-order valence-corrected chi connectivity index (χ4v) is 3.96.